The molecule has 0 unspecified atom stereocenters. The number of rotatable bonds is 7. The van der Waals surface area contributed by atoms with Crippen LogP contribution in [0.5, 0.6) is 0 Å². The van der Waals surface area contributed by atoms with Crippen molar-refractivity contribution < 1.29 is 27.5 Å². The molecule has 6 nitrogen and oxygen atoms in total. The largest absolute Gasteiger partial charge is 0.451 e. The molecule has 1 amide bonds. The van der Waals surface area contributed by atoms with Crippen molar-refractivity contribution in [1.29, 1.82) is 5.26 Å². The smallest absolute Gasteiger partial charge is 0.417 e. The number of esters is 1. The molecular formula is C28H25ClF3N3O3. The zero-order chi connectivity index (χ0) is 28.2. The Morgan fingerprint density at radius 2 is 1.82 bits per heavy atom. The van der Waals surface area contributed by atoms with Crippen LogP contribution in [0.3, 0.4) is 0 Å². The van der Waals surface area contributed by atoms with Crippen molar-refractivity contribution in [3.05, 3.63) is 92.8 Å². The van der Waals surface area contributed by atoms with Crippen LogP contribution in [0.1, 0.15) is 33.6 Å². The van der Waals surface area contributed by atoms with E-state index in [1.807, 2.05) is 31.2 Å². The van der Waals surface area contributed by atoms with E-state index in [0.29, 0.717) is 23.5 Å². The van der Waals surface area contributed by atoms with Gasteiger partial charge in [-0.25, -0.2) is 4.79 Å². The highest BCUT2D eigenvalue weighted by molar-refractivity contribution is 6.31. The van der Waals surface area contributed by atoms with E-state index in [1.165, 1.54) is 23.1 Å². The fourth-order valence-electron chi connectivity index (χ4n) is 3.94. The standard InChI is InChI=1S/C28H25ClF3N3O3/c1-17-7-5-6-8-20(17)15-34(4)26(36)16-38-27(37)22(14-33)12-21-11-18(2)35(19(21)3)23-9-10-25(29)24(13-23)28(30,31)32/h5-13H,15-16H2,1-4H3/b22-12+. The van der Waals surface area contributed by atoms with Crippen LogP contribution in [0.4, 0.5) is 13.2 Å². The Balaban J connectivity index is 1.77. The van der Waals surface area contributed by atoms with E-state index in [0.717, 1.165) is 17.2 Å². The molecule has 0 atom stereocenters. The van der Waals surface area contributed by atoms with Crippen LogP contribution in [0.25, 0.3) is 11.8 Å². The molecule has 3 rings (SSSR count). The van der Waals surface area contributed by atoms with Gasteiger partial charge in [-0.15, -0.1) is 0 Å². The van der Waals surface area contributed by atoms with Crippen LogP contribution in [0, 0.1) is 32.1 Å². The monoisotopic (exact) mass is 543 g/mol. The average Bonchev–Trinajstić information content (AvgIpc) is 3.14. The summed E-state index contributed by atoms with van der Waals surface area (Å²) in [4.78, 5) is 26.4. The Hall–Kier alpha value is -4.03. The summed E-state index contributed by atoms with van der Waals surface area (Å²) in [5, 5.41) is 9.12. The lowest BCUT2D eigenvalue weighted by atomic mass is 10.1. The Bertz CT molecular complexity index is 1450. The van der Waals surface area contributed by atoms with Crippen LogP contribution in [0.15, 0.2) is 54.1 Å². The lowest BCUT2D eigenvalue weighted by Gasteiger charge is -2.18. The second-order valence-electron chi connectivity index (χ2n) is 8.75. The zero-order valence-electron chi connectivity index (χ0n) is 21.2. The lowest BCUT2D eigenvalue weighted by molar-refractivity contribution is -0.148. The van der Waals surface area contributed by atoms with Crippen LogP contribution >= 0.6 is 11.6 Å². The molecule has 3 aromatic rings. The maximum absolute atomic E-state index is 13.3. The van der Waals surface area contributed by atoms with Crippen LogP contribution < -0.4 is 0 Å². The molecule has 1 heterocycles. The van der Waals surface area contributed by atoms with Crippen molar-refractivity contribution in [2.24, 2.45) is 0 Å². The molecule has 0 saturated heterocycles. The van der Waals surface area contributed by atoms with E-state index in [-0.39, 0.29) is 11.3 Å². The topological polar surface area (TPSA) is 75.3 Å². The highest BCUT2D eigenvalue weighted by atomic mass is 35.5. The number of benzene rings is 2. The molecule has 0 bridgehead atoms. The molecular weight excluding hydrogens is 519 g/mol. The Labute approximate surface area is 223 Å². The molecule has 0 N–H and O–H groups in total. The zero-order valence-corrected chi connectivity index (χ0v) is 21.9. The molecule has 0 aliphatic carbocycles. The number of aromatic nitrogens is 1. The van der Waals surface area contributed by atoms with Crippen molar-refractivity contribution >= 4 is 29.6 Å². The number of aryl methyl sites for hydroxylation is 2. The number of halogens is 4. The van der Waals surface area contributed by atoms with E-state index < -0.39 is 35.2 Å². The third kappa shape index (κ3) is 6.45. The van der Waals surface area contributed by atoms with Gasteiger partial charge in [0, 0.05) is 30.7 Å². The fraction of sp³-hybridized carbons (Fsp3) is 0.250. The summed E-state index contributed by atoms with van der Waals surface area (Å²) in [7, 11) is 1.58. The molecule has 0 aliphatic rings. The minimum absolute atomic E-state index is 0.222. The molecule has 2 aromatic carbocycles. The first-order valence-electron chi connectivity index (χ1n) is 11.5. The SMILES string of the molecule is Cc1ccccc1CN(C)C(=O)COC(=O)/C(C#N)=C/c1cc(C)n(-c2ccc(Cl)c(C(F)(F)F)c2)c1C. The van der Waals surface area contributed by atoms with E-state index in [9.17, 15) is 28.0 Å². The van der Waals surface area contributed by atoms with Crippen molar-refractivity contribution in [3.8, 4) is 11.8 Å². The summed E-state index contributed by atoms with van der Waals surface area (Å²) in [5.74, 6) is -1.43. The summed E-state index contributed by atoms with van der Waals surface area (Å²) >= 11 is 5.74. The van der Waals surface area contributed by atoms with Gasteiger partial charge >= 0.3 is 12.1 Å². The highest BCUT2D eigenvalue weighted by Crippen LogP contribution is 2.36. The van der Waals surface area contributed by atoms with E-state index in [2.05, 4.69) is 0 Å². The number of nitrogens with zero attached hydrogens (tertiary/aromatic N) is 3. The first-order valence-corrected chi connectivity index (χ1v) is 11.8. The van der Waals surface area contributed by atoms with E-state index in [4.69, 9.17) is 16.3 Å². The lowest BCUT2D eigenvalue weighted by Crippen LogP contribution is -2.31. The molecule has 0 fully saturated rings. The fourth-order valence-corrected chi connectivity index (χ4v) is 4.16. The van der Waals surface area contributed by atoms with Gasteiger partial charge in [-0.1, -0.05) is 35.9 Å². The number of ether oxygens (including phenoxy) is 1. The average molecular weight is 544 g/mol. The maximum atomic E-state index is 13.3. The maximum Gasteiger partial charge on any atom is 0.417 e. The van der Waals surface area contributed by atoms with Gasteiger partial charge < -0.3 is 14.2 Å². The Morgan fingerprint density at radius 3 is 2.45 bits per heavy atom. The number of carbonyl (C=O) groups excluding carboxylic acids is 2. The van der Waals surface area contributed by atoms with E-state index >= 15 is 0 Å². The van der Waals surface area contributed by atoms with Crippen molar-refractivity contribution in [2.75, 3.05) is 13.7 Å². The number of likely N-dealkylation sites (N-methyl/N-ethyl adjacent to an activating group) is 1. The van der Waals surface area contributed by atoms with Gasteiger partial charge in [0.15, 0.2) is 6.61 Å². The van der Waals surface area contributed by atoms with E-state index in [1.54, 1.807) is 37.6 Å². The van der Waals surface area contributed by atoms with Gasteiger partial charge in [-0.2, -0.15) is 18.4 Å². The molecule has 0 saturated carbocycles. The molecule has 0 aliphatic heterocycles. The van der Waals surface area contributed by atoms with Crippen LogP contribution in [-0.4, -0.2) is 35.0 Å². The number of hydrogen-bond acceptors (Lipinski definition) is 4. The van der Waals surface area contributed by atoms with Crippen LogP contribution in [-0.2, 0) is 27.0 Å². The minimum atomic E-state index is -4.63. The summed E-state index contributed by atoms with van der Waals surface area (Å²) in [6.45, 7) is 5.03. The summed E-state index contributed by atoms with van der Waals surface area (Å²) < 4.78 is 46.7. The van der Waals surface area contributed by atoms with Gasteiger partial charge in [0.2, 0.25) is 0 Å². The normalized spacial score (nSPS) is 11.7. The molecule has 10 heteroatoms. The number of alkyl halides is 3. The molecule has 1 aromatic heterocycles. The van der Waals surface area contributed by atoms with Crippen molar-refractivity contribution in [3.63, 3.8) is 0 Å². The van der Waals surface area contributed by atoms with Gasteiger partial charge in [-0.3, -0.25) is 4.79 Å². The molecule has 38 heavy (non-hydrogen) atoms. The summed E-state index contributed by atoms with van der Waals surface area (Å²) in [6.07, 6.45) is -3.35. The number of hydrogen-bond donors (Lipinski definition) is 0. The Kier molecular flexibility index (Phi) is 8.69. The van der Waals surface area contributed by atoms with Gasteiger partial charge in [0.1, 0.15) is 11.6 Å². The van der Waals surface area contributed by atoms with Crippen molar-refractivity contribution in [2.45, 2.75) is 33.5 Å². The van der Waals surface area contributed by atoms with Crippen LogP contribution in [0.2, 0.25) is 5.02 Å². The Morgan fingerprint density at radius 1 is 1.13 bits per heavy atom. The summed E-state index contributed by atoms with van der Waals surface area (Å²) in [6, 6.07) is 14.5. The first kappa shape index (κ1) is 28.5. The second kappa shape index (κ2) is 11.6. The first-order chi connectivity index (χ1) is 17.8. The number of nitriles is 1. The van der Waals surface area contributed by atoms with Gasteiger partial charge in [-0.05, 0) is 67.8 Å². The van der Waals surface area contributed by atoms with Gasteiger partial charge in [0.05, 0.1) is 10.6 Å². The predicted molar refractivity (Wildman–Crippen MR) is 137 cm³/mol. The second-order valence-corrected chi connectivity index (χ2v) is 9.15. The number of amides is 1. The minimum Gasteiger partial charge on any atom is -0.451 e. The third-order valence-electron chi connectivity index (χ3n) is 6.05. The molecule has 0 spiro atoms. The predicted octanol–water partition coefficient (Wildman–Crippen LogP) is 6.18. The summed E-state index contributed by atoms with van der Waals surface area (Å²) in [5.41, 5.74) is 2.36. The van der Waals surface area contributed by atoms with Crippen molar-refractivity contribution in [1.82, 2.24) is 9.47 Å². The highest BCUT2D eigenvalue weighted by Gasteiger charge is 2.33. The van der Waals surface area contributed by atoms with Gasteiger partial charge in [0.25, 0.3) is 5.91 Å². The molecule has 0 radical (unpaired) electrons. The third-order valence-corrected chi connectivity index (χ3v) is 6.37. The number of carbonyl (C=O) groups is 2. The molecule has 198 valence electrons. The quantitative estimate of drug-likeness (QED) is 0.202.